The van der Waals surface area contributed by atoms with Gasteiger partial charge in [-0.1, -0.05) is 29.8 Å². The molecule has 10 heteroatoms. The first-order valence-electron chi connectivity index (χ1n) is 10.7. The molecule has 1 atom stereocenters. The highest BCUT2D eigenvalue weighted by atomic mass is 35.5. The molecule has 1 aliphatic rings. The van der Waals surface area contributed by atoms with Gasteiger partial charge in [-0.3, -0.25) is 14.4 Å². The number of ketones is 1. The topological polar surface area (TPSA) is 112 Å². The van der Waals surface area contributed by atoms with E-state index >= 15 is 0 Å². The monoisotopic (exact) mass is 479 g/mol. The van der Waals surface area contributed by atoms with E-state index in [0.29, 0.717) is 35.5 Å². The summed E-state index contributed by atoms with van der Waals surface area (Å²) in [6, 6.07) is 10.3. The summed E-state index contributed by atoms with van der Waals surface area (Å²) in [6.07, 6.45) is 4.27. The SMILES string of the molecule is C[C@@H]1CN(C(=O)c2ccccc2)CCN1C(=O)C(=O)c1c[nH]c2c(-c3cnco3)cc(Cl)nc12.[HH]. The van der Waals surface area contributed by atoms with E-state index in [-0.39, 0.29) is 36.2 Å². The van der Waals surface area contributed by atoms with E-state index in [1.807, 2.05) is 25.1 Å². The summed E-state index contributed by atoms with van der Waals surface area (Å²) in [7, 11) is 0. The zero-order chi connectivity index (χ0) is 23.8. The molecule has 0 radical (unpaired) electrons. The van der Waals surface area contributed by atoms with Crippen LogP contribution in [0.4, 0.5) is 0 Å². The molecule has 9 nitrogen and oxygen atoms in total. The van der Waals surface area contributed by atoms with Crippen LogP contribution in [0.1, 0.15) is 29.1 Å². The number of fused-ring (bicyclic) bond motifs is 1. The van der Waals surface area contributed by atoms with Crippen LogP contribution in [-0.2, 0) is 4.79 Å². The molecule has 1 fully saturated rings. The zero-order valence-electron chi connectivity index (χ0n) is 18.2. The number of oxazole rings is 1. The number of rotatable bonds is 4. The van der Waals surface area contributed by atoms with Crippen molar-refractivity contribution < 1.29 is 20.2 Å². The van der Waals surface area contributed by atoms with E-state index in [2.05, 4.69) is 15.0 Å². The highest BCUT2D eigenvalue weighted by molar-refractivity contribution is 6.45. The summed E-state index contributed by atoms with van der Waals surface area (Å²) in [4.78, 5) is 53.5. The Morgan fingerprint density at radius 1 is 1.21 bits per heavy atom. The molecule has 1 aromatic carbocycles. The molecule has 4 aromatic rings. The Bertz CT molecular complexity index is 1390. The number of hydrogen-bond acceptors (Lipinski definition) is 6. The van der Waals surface area contributed by atoms with Crippen LogP contribution >= 0.6 is 11.6 Å². The molecule has 2 amide bonds. The van der Waals surface area contributed by atoms with E-state index in [1.54, 1.807) is 23.1 Å². The molecule has 174 valence electrons. The lowest BCUT2D eigenvalue weighted by molar-refractivity contribution is -0.130. The van der Waals surface area contributed by atoms with Gasteiger partial charge in [-0.2, -0.15) is 0 Å². The van der Waals surface area contributed by atoms with E-state index in [1.165, 1.54) is 23.7 Å². The Hall–Kier alpha value is -3.98. The number of piperazine rings is 1. The standard InChI is InChI=1S/C24H20ClN5O4.H2/c1-14-12-29(23(32)15-5-3-2-4-6-15)7-8-30(14)24(33)22(31)17-10-27-20-16(18-11-26-13-34-18)9-19(25)28-21(17)20;/h2-6,9-11,13-14,27H,7-8,12H2,1H3;1H/t14-;/m1./s1. The van der Waals surface area contributed by atoms with Gasteiger partial charge in [0, 0.05) is 44.4 Å². The third-order valence-electron chi connectivity index (χ3n) is 5.94. The summed E-state index contributed by atoms with van der Waals surface area (Å²) in [6.45, 7) is 2.75. The Kier molecular flexibility index (Phi) is 5.62. The third kappa shape index (κ3) is 3.84. The maximum Gasteiger partial charge on any atom is 0.295 e. The van der Waals surface area contributed by atoms with Gasteiger partial charge in [-0.05, 0) is 25.1 Å². The maximum atomic E-state index is 13.2. The minimum Gasteiger partial charge on any atom is -0.443 e. The smallest absolute Gasteiger partial charge is 0.295 e. The summed E-state index contributed by atoms with van der Waals surface area (Å²) in [5.41, 5.74) is 2.10. The van der Waals surface area contributed by atoms with Crippen molar-refractivity contribution in [3.8, 4) is 11.3 Å². The van der Waals surface area contributed by atoms with E-state index < -0.39 is 11.7 Å². The number of nitrogens with zero attached hydrogens (tertiary/aromatic N) is 4. The number of aromatic nitrogens is 3. The molecule has 4 heterocycles. The number of benzene rings is 1. The van der Waals surface area contributed by atoms with Crippen molar-refractivity contribution in [2.45, 2.75) is 13.0 Å². The van der Waals surface area contributed by atoms with Gasteiger partial charge >= 0.3 is 0 Å². The molecule has 0 unspecified atom stereocenters. The molecule has 5 rings (SSSR count). The van der Waals surface area contributed by atoms with Gasteiger partial charge in [0.1, 0.15) is 10.7 Å². The van der Waals surface area contributed by atoms with Crippen molar-refractivity contribution in [3.05, 3.63) is 71.5 Å². The first kappa shape index (κ1) is 21.8. The Morgan fingerprint density at radius 3 is 2.71 bits per heavy atom. The number of nitrogens with one attached hydrogen (secondary N) is 1. The first-order valence-corrected chi connectivity index (χ1v) is 11.1. The number of H-pyrrole nitrogens is 1. The number of aromatic amines is 1. The second kappa shape index (κ2) is 8.75. The van der Waals surface area contributed by atoms with Crippen molar-refractivity contribution in [2.24, 2.45) is 0 Å². The highest BCUT2D eigenvalue weighted by Crippen LogP contribution is 2.31. The molecule has 1 N–H and O–H groups in total. The lowest BCUT2D eigenvalue weighted by Gasteiger charge is -2.39. The summed E-state index contributed by atoms with van der Waals surface area (Å²) in [5, 5.41) is 0.154. The van der Waals surface area contributed by atoms with Crippen molar-refractivity contribution in [2.75, 3.05) is 19.6 Å². The number of Topliss-reactive ketones (excluding diaryl/α,β-unsaturated/α-hetero) is 1. The van der Waals surface area contributed by atoms with Crippen LogP contribution in [0.3, 0.4) is 0 Å². The lowest BCUT2D eigenvalue weighted by Crippen LogP contribution is -2.56. The van der Waals surface area contributed by atoms with Crippen molar-refractivity contribution >= 4 is 40.2 Å². The molecule has 0 spiro atoms. The normalized spacial score (nSPS) is 16.1. The van der Waals surface area contributed by atoms with Gasteiger partial charge < -0.3 is 19.2 Å². The minimum absolute atomic E-state index is 0. The second-order valence-electron chi connectivity index (χ2n) is 8.08. The average molecular weight is 480 g/mol. The number of hydrogen-bond donors (Lipinski definition) is 1. The number of amides is 2. The lowest BCUT2D eigenvalue weighted by atomic mass is 10.1. The third-order valence-corrected chi connectivity index (χ3v) is 6.13. The van der Waals surface area contributed by atoms with Crippen LogP contribution in [-0.4, -0.2) is 68.0 Å². The number of carbonyl (C=O) groups is 3. The molecule has 3 aromatic heterocycles. The van der Waals surface area contributed by atoms with Gasteiger partial charge in [0.15, 0.2) is 12.2 Å². The van der Waals surface area contributed by atoms with Crippen LogP contribution < -0.4 is 0 Å². The Labute approximate surface area is 200 Å². The highest BCUT2D eigenvalue weighted by Gasteiger charge is 2.34. The fourth-order valence-corrected chi connectivity index (χ4v) is 4.43. The van der Waals surface area contributed by atoms with Crippen molar-refractivity contribution in [3.63, 3.8) is 0 Å². The summed E-state index contributed by atoms with van der Waals surface area (Å²) >= 11 is 6.19. The summed E-state index contributed by atoms with van der Waals surface area (Å²) < 4.78 is 5.36. The van der Waals surface area contributed by atoms with Crippen LogP contribution in [0.5, 0.6) is 0 Å². The van der Waals surface area contributed by atoms with Crippen molar-refractivity contribution in [1.82, 2.24) is 24.8 Å². The van der Waals surface area contributed by atoms with Gasteiger partial charge in [0.25, 0.3) is 17.6 Å². The van der Waals surface area contributed by atoms with Crippen LogP contribution in [0.2, 0.25) is 5.15 Å². The van der Waals surface area contributed by atoms with Gasteiger partial charge in [-0.15, -0.1) is 0 Å². The molecule has 0 saturated carbocycles. The number of carbonyl (C=O) groups excluding carboxylic acids is 3. The zero-order valence-corrected chi connectivity index (χ0v) is 19.0. The molecular formula is C24H22ClN5O4. The van der Waals surface area contributed by atoms with Gasteiger partial charge in [-0.25, -0.2) is 9.97 Å². The average Bonchev–Trinajstić information content (AvgIpc) is 3.53. The summed E-state index contributed by atoms with van der Waals surface area (Å²) in [5.74, 6) is -0.988. The predicted molar refractivity (Wildman–Crippen MR) is 127 cm³/mol. The molecule has 1 saturated heterocycles. The predicted octanol–water partition coefficient (Wildman–Crippen LogP) is 3.67. The second-order valence-corrected chi connectivity index (χ2v) is 8.47. The van der Waals surface area contributed by atoms with Crippen molar-refractivity contribution in [1.29, 1.82) is 0 Å². The Balaban J connectivity index is 0.00000289. The molecule has 34 heavy (non-hydrogen) atoms. The molecule has 1 aliphatic heterocycles. The van der Waals surface area contributed by atoms with Crippen LogP contribution in [0, 0.1) is 0 Å². The van der Waals surface area contributed by atoms with E-state index in [9.17, 15) is 14.4 Å². The van der Waals surface area contributed by atoms with E-state index in [4.69, 9.17) is 16.0 Å². The molecule has 0 bridgehead atoms. The maximum absolute atomic E-state index is 13.2. The van der Waals surface area contributed by atoms with Crippen LogP contribution in [0.15, 0.2) is 59.6 Å². The minimum atomic E-state index is -0.695. The Morgan fingerprint density at radius 2 is 2.00 bits per heavy atom. The van der Waals surface area contributed by atoms with E-state index in [0.717, 1.165) is 0 Å². The fourth-order valence-electron chi connectivity index (χ4n) is 4.24. The number of halogens is 1. The van der Waals surface area contributed by atoms with Gasteiger partial charge in [0.2, 0.25) is 0 Å². The molecule has 0 aliphatic carbocycles. The largest absolute Gasteiger partial charge is 0.443 e. The first-order chi connectivity index (χ1) is 16.4. The number of pyridine rings is 1. The van der Waals surface area contributed by atoms with Crippen LogP contribution in [0.25, 0.3) is 22.4 Å². The van der Waals surface area contributed by atoms with Gasteiger partial charge in [0.05, 0.1) is 17.3 Å². The fraction of sp³-hybridized carbons (Fsp3) is 0.208. The quantitative estimate of drug-likeness (QED) is 0.271. The molecular weight excluding hydrogens is 458 g/mol.